The zero-order valence-electron chi connectivity index (χ0n) is 30.9. The van der Waals surface area contributed by atoms with Crippen LogP contribution in [0.15, 0.2) is 24.3 Å². The molecule has 0 aliphatic rings. The summed E-state index contributed by atoms with van der Waals surface area (Å²) in [4.78, 5) is 34.8. The Bertz CT molecular complexity index is 879. The van der Waals surface area contributed by atoms with Crippen LogP contribution in [0, 0.1) is 0 Å². The molecule has 3 N–H and O–H groups in total. The second-order valence-corrected chi connectivity index (χ2v) is 14.4. The largest absolute Gasteiger partial charge is 0.472 e. The van der Waals surface area contributed by atoms with Gasteiger partial charge in [-0.3, -0.25) is 18.6 Å². The molecule has 0 spiro atoms. The number of ether oxygens (including phenoxy) is 2. The zero-order chi connectivity index (χ0) is 36.3. The molecule has 0 saturated heterocycles. The number of phosphoric acid groups is 1. The molecule has 0 aliphatic heterocycles. The predicted molar refractivity (Wildman–Crippen MR) is 196 cm³/mol. The Labute approximate surface area is 298 Å². The first-order chi connectivity index (χ1) is 23.7. The Morgan fingerprint density at radius 1 is 0.612 bits per heavy atom. The molecule has 0 fully saturated rings. The normalized spacial score (nSPS) is 14.3. The van der Waals surface area contributed by atoms with Crippen LogP contribution in [0.5, 0.6) is 0 Å². The van der Waals surface area contributed by atoms with Crippen LogP contribution in [0.1, 0.15) is 168 Å². The summed E-state index contributed by atoms with van der Waals surface area (Å²) in [5.74, 6) is -0.939. The highest BCUT2D eigenvalue weighted by Gasteiger charge is 2.27. The number of aliphatic hydroxyl groups excluding tert-OH is 2. The van der Waals surface area contributed by atoms with Gasteiger partial charge in [0.15, 0.2) is 6.10 Å². The van der Waals surface area contributed by atoms with Crippen molar-refractivity contribution in [2.75, 3.05) is 26.4 Å². The van der Waals surface area contributed by atoms with Crippen molar-refractivity contribution in [1.82, 2.24) is 0 Å². The van der Waals surface area contributed by atoms with Crippen molar-refractivity contribution >= 4 is 19.8 Å². The van der Waals surface area contributed by atoms with Gasteiger partial charge in [-0.25, -0.2) is 4.57 Å². The van der Waals surface area contributed by atoms with Crippen molar-refractivity contribution in [2.24, 2.45) is 0 Å². The van der Waals surface area contributed by atoms with Crippen molar-refractivity contribution in [3.8, 4) is 0 Å². The van der Waals surface area contributed by atoms with Gasteiger partial charge in [-0.1, -0.05) is 141 Å². The van der Waals surface area contributed by atoms with Gasteiger partial charge in [0.05, 0.1) is 19.8 Å². The topological polar surface area (TPSA) is 149 Å². The summed E-state index contributed by atoms with van der Waals surface area (Å²) in [6.07, 6.45) is 31.4. The lowest BCUT2D eigenvalue weighted by Gasteiger charge is -2.20. The number of aliphatic hydroxyl groups is 2. The lowest BCUT2D eigenvalue weighted by atomic mass is 10.0. The minimum Gasteiger partial charge on any atom is -0.462 e. The molecule has 0 aromatic rings. The van der Waals surface area contributed by atoms with E-state index >= 15 is 0 Å². The van der Waals surface area contributed by atoms with Gasteiger partial charge in [-0.2, -0.15) is 0 Å². The summed E-state index contributed by atoms with van der Waals surface area (Å²) < 4.78 is 32.6. The number of rotatable bonds is 36. The smallest absolute Gasteiger partial charge is 0.462 e. The summed E-state index contributed by atoms with van der Waals surface area (Å²) in [5, 5.41) is 18.3. The standard InChI is InChI=1S/C38H71O10P/c1-3-5-7-9-11-13-15-17-18-20-22-24-26-28-30-38(42)48-36(34-47-49(43,44)46-32-35(40)31-39)33-45-37(41)29-27-25-23-21-19-16-14-12-10-8-6-4-2/h9,11,15,17,35-36,39-40H,3-8,10,12-14,16,18-34H2,1-2H3,(H,43,44)/b11-9+,17-15+/t35-,36+/m0/s1. The van der Waals surface area contributed by atoms with Gasteiger partial charge in [0, 0.05) is 12.8 Å². The Balaban J connectivity index is 4.38. The fourth-order valence-corrected chi connectivity index (χ4v) is 5.86. The average molecular weight is 719 g/mol. The van der Waals surface area contributed by atoms with Gasteiger partial charge >= 0.3 is 19.8 Å². The van der Waals surface area contributed by atoms with Gasteiger partial charge in [-0.15, -0.1) is 0 Å². The van der Waals surface area contributed by atoms with E-state index in [1.54, 1.807) is 0 Å². The van der Waals surface area contributed by atoms with Crippen LogP contribution in [0.4, 0.5) is 0 Å². The summed E-state index contributed by atoms with van der Waals surface area (Å²) >= 11 is 0. The molecule has 11 heteroatoms. The number of carbonyl (C=O) groups is 2. The fraction of sp³-hybridized carbons (Fsp3) is 0.842. The highest BCUT2D eigenvalue weighted by atomic mass is 31.2. The molecule has 10 nitrogen and oxygen atoms in total. The van der Waals surface area contributed by atoms with Crippen LogP contribution in [0.2, 0.25) is 0 Å². The molecule has 0 aliphatic carbocycles. The van der Waals surface area contributed by atoms with E-state index in [9.17, 15) is 24.2 Å². The second kappa shape index (κ2) is 34.9. The van der Waals surface area contributed by atoms with Crippen molar-refractivity contribution in [2.45, 2.75) is 180 Å². The van der Waals surface area contributed by atoms with E-state index in [1.165, 1.54) is 64.2 Å². The lowest BCUT2D eigenvalue weighted by Crippen LogP contribution is -2.29. The number of phosphoric ester groups is 1. The first kappa shape index (κ1) is 47.4. The quantitative estimate of drug-likeness (QED) is 0.0248. The molecule has 49 heavy (non-hydrogen) atoms. The molecule has 288 valence electrons. The Morgan fingerprint density at radius 2 is 1.08 bits per heavy atom. The monoisotopic (exact) mass is 718 g/mol. The third kappa shape index (κ3) is 34.7. The average Bonchev–Trinajstić information content (AvgIpc) is 3.09. The lowest BCUT2D eigenvalue weighted by molar-refractivity contribution is -0.161. The van der Waals surface area contributed by atoms with E-state index in [0.29, 0.717) is 12.8 Å². The van der Waals surface area contributed by atoms with Crippen LogP contribution in [-0.4, -0.2) is 65.7 Å². The van der Waals surface area contributed by atoms with E-state index in [4.69, 9.17) is 19.1 Å². The molecule has 0 aromatic carbocycles. The molecule has 3 atom stereocenters. The molecule has 0 saturated carbocycles. The SMILES string of the molecule is CCCC/C=C/C/C=C/CCCCCCCC(=O)O[C@H](COC(=O)CCCCCCCCCCCCCC)COP(=O)(O)OC[C@@H](O)CO. The molecule has 0 rings (SSSR count). The second-order valence-electron chi connectivity index (χ2n) is 13.0. The molecule has 0 amide bonds. The van der Waals surface area contributed by atoms with Crippen LogP contribution in [0.3, 0.4) is 0 Å². The maximum absolute atomic E-state index is 12.5. The van der Waals surface area contributed by atoms with Crippen LogP contribution in [0.25, 0.3) is 0 Å². The van der Waals surface area contributed by atoms with E-state index in [0.717, 1.165) is 64.2 Å². The fourth-order valence-electron chi connectivity index (χ4n) is 5.07. The van der Waals surface area contributed by atoms with E-state index < -0.39 is 51.8 Å². The summed E-state index contributed by atoms with van der Waals surface area (Å²) in [6, 6.07) is 0. The molecular formula is C38H71O10P. The number of hydrogen-bond donors (Lipinski definition) is 3. The Kier molecular flexibility index (Phi) is 33.8. The maximum Gasteiger partial charge on any atom is 0.472 e. The molecule has 1 unspecified atom stereocenters. The van der Waals surface area contributed by atoms with E-state index in [-0.39, 0.29) is 19.4 Å². The van der Waals surface area contributed by atoms with Crippen molar-refractivity contribution in [3.63, 3.8) is 0 Å². The number of allylic oxidation sites excluding steroid dienone is 4. The van der Waals surface area contributed by atoms with Gasteiger partial charge in [0.2, 0.25) is 0 Å². The molecule has 0 aromatic heterocycles. The Morgan fingerprint density at radius 3 is 1.63 bits per heavy atom. The van der Waals surface area contributed by atoms with Crippen LogP contribution in [-0.2, 0) is 32.7 Å². The van der Waals surface area contributed by atoms with Crippen molar-refractivity contribution in [1.29, 1.82) is 0 Å². The number of esters is 2. The van der Waals surface area contributed by atoms with Crippen molar-refractivity contribution in [3.05, 3.63) is 24.3 Å². The minimum absolute atomic E-state index is 0.170. The third-order valence-electron chi connectivity index (χ3n) is 8.11. The first-order valence-electron chi connectivity index (χ1n) is 19.3. The van der Waals surface area contributed by atoms with Gasteiger partial charge in [0.25, 0.3) is 0 Å². The van der Waals surface area contributed by atoms with E-state index in [2.05, 4.69) is 42.7 Å². The predicted octanol–water partition coefficient (Wildman–Crippen LogP) is 9.44. The third-order valence-corrected chi connectivity index (χ3v) is 9.06. The highest BCUT2D eigenvalue weighted by Crippen LogP contribution is 2.43. The number of carbonyl (C=O) groups excluding carboxylic acids is 2. The van der Waals surface area contributed by atoms with Crippen LogP contribution >= 0.6 is 7.82 Å². The molecule has 0 bridgehead atoms. The Hall–Kier alpha value is -1.55. The van der Waals surface area contributed by atoms with Crippen molar-refractivity contribution < 1.29 is 47.8 Å². The number of unbranched alkanes of at least 4 members (excludes halogenated alkanes) is 18. The summed E-state index contributed by atoms with van der Waals surface area (Å²) in [7, 11) is -4.61. The number of hydrogen-bond acceptors (Lipinski definition) is 9. The maximum atomic E-state index is 12.5. The summed E-state index contributed by atoms with van der Waals surface area (Å²) in [5.41, 5.74) is 0. The van der Waals surface area contributed by atoms with Crippen LogP contribution < -0.4 is 0 Å². The summed E-state index contributed by atoms with van der Waals surface area (Å²) in [6.45, 7) is 2.31. The zero-order valence-corrected chi connectivity index (χ0v) is 31.8. The van der Waals surface area contributed by atoms with Gasteiger partial charge in [0.1, 0.15) is 12.7 Å². The van der Waals surface area contributed by atoms with Gasteiger partial charge < -0.3 is 24.6 Å². The molecular weight excluding hydrogens is 647 g/mol. The molecule has 0 radical (unpaired) electrons. The first-order valence-corrected chi connectivity index (χ1v) is 20.8. The highest BCUT2D eigenvalue weighted by molar-refractivity contribution is 7.47. The minimum atomic E-state index is -4.61. The molecule has 0 heterocycles. The van der Waals surface area contributed by atoms with Gasteiger partial charge in [-0.05, 0) is 38.5 Å². The van der Waals surface area contributed by atoms with E-state index in [1.807, 2.05) is 0 Å².